The minimum absolute atomic E-state index is 0.106. The van der Waals surface area contributed by atoms with E-state index in [2.05, 4.69) is 9.80 Å². The molecule has 0 radical (unpaired) electrons. The van der Waals surface area contributed by atoms with Crippen molar-refractivity contribution in [2.75, 3.05) is 59.0 Å². The molecule has 0 saturated carbocycles. The lowest BCUT2D eigenvalue weighted by Crippen LogP contribution is -2.48. The van der Waals surface area contributed by atoms with Gasteiger partial charge in [0.15, 0.2) is 16.9 Å². The third-order valence-corrected chi connectivity index (χ3v) is 6.93. The van der Waals surface area contributed by atoms with Gasteiger partial charge in [-0.25, -0.2) is 9.78 Å². The van der Waals surface area contributed by atoms with Crippen LogP contribution in [0.3, 0.4) is 0 Å². The van der Waals surface area contributed by atoms with Crippen molar-refractivity contribution in [1.82, 2.24) is 33.4 Å². The van der Waals surface area contributed by atoms with E-state index in [0.29, 0.717) is 69.4 Å². The molecule has 0 aliphatic carbocycles. The highest BCUT2D eigenvalue weighted by Crippen LogP contribution is 2.16. The number of amides is 1. The molecule has 0 spiro atoms. The molecule has 35 heavy (non-hydrogen) atoms. The zero-order chi connectivity index (χ0) is 24.5. The van der Waals surface area contributed by atoms with Crippen molar-refractivity contribution in [1.29, 1.82) is 0 Å². The number of hydrogen-bond donors (Lipinski definition) is 0. The zero-order valence-corrected chi connectivity index (χ0v) is 20.2. The van der Waals surface area contributed by atoms with Crippen LogP contribution in [0, 0.1) is 0 Å². The fraction of sp³-hybridized carbons (Fsp3) is 0.565. The molecular formula is C23H31N7O5. The second kappa shape index (κ2) is 9.80. The van der Waals surface area contributed by atoms with E-state index >= 15 is 0 Å². The number of fused-ring (bicyclic) bond motifs is 1. The SMILES string of the molecule is Cn1c(=O)c2c(nc(CN3CCN(C(=O)c4ccco4)CC3)n2CCN2CCOCC2)n(C)c1=O. The lowest BCUT2D eigenvalue weighted by Gasteiger charge is -2.34. The molecule has 5 rings (SSSR count). The Morgan fingerprint density at radius 2 is 1.71 bits per heavy atom. The van der Waals surface area contributed by atoms with Gasteiger partial charge in [0, 0.05) is 66.5 Å². The number of piperazine rings is 1. The predicted octanol–water partition coefficient (Wildman–Crippen LogP) is -0.683. The lowest BCUT2D eigenvalue weighted by molar-refractivity contribution is 0.0363. The number of imidazole rings is 1. The maximum atomic E-state index is 13.1. The first kappa shape index (κ1) is 23.5. The maximum absolute atomic E-state index is 13.1. The van der Waals surface area contributed by atoms with Crippen molar-refractivity contribution in [3.8, 4) is 0 Å². The Bertz CT molecular complexity index is 1310. The molecule has 1 amide bonds. The molecule has 2 saturated heterocycles. The molecule has 2 fully saturated rings. The van der Waals surface area contributed by atoms with E-state index in [4.69, 9.17) is 14.1 Å². The molecule has 12 heteroatoms. The minimum Gasteiger partial charge on any atom is -0.459 e. The number of rotatable bonds is 6. The van der Waals surface area contributed by atoms with Crippen LogP contribution in [0.2, 0.25) is 0 Å². The zero-order valence-electron chi connectivity index (χ0n) is 20.2. The summed E-state index contributed by atoms with van der Waals surface area (Å²) in [6, 6.07) is 3.39. The lowest BCUT2D eigenvalue weighted by atomic mass is 10.2. The highest BCUT2D eigenvalue weighted by molar-refractivity contribution is 5.91. The second-order valence-corrected chi connectivity index (χ2v) is 9.06. The average Bonchev–Trinajstić information content (AvgIpc) is 3.54. The number of morpholine rings is 1. The Kier molecular flexibility index (Phi) is 6.58. The van der Waals surface area contributed by atoms with E-state index in [9.17, 15) is 14.4 Å². The quantitative estimate of drug-likeness (QED) is 0.452. The number of ether oxygens (including phenoxy) is 1. The van der Waals surface area contributed by atoms with Gasteiger partial charge < -0.3 is 18.6 Å². The summed E-state index contributed by atoms with van der Waals surface area (Å²) in [6.07, 6.45) is 1.50. The first-order chi connectivity index (χ1) is 16.9. The molecule has 12 nitrogen and oxygen atoms in total. The molecule has 3 aromatic heterocycles. The van der Waals surface area contributed by atoms with Gasteiger partial charge in [-0.05, 0) is 12.1 Å². The third kappa shape index (κ3) is 4.56. The van der Waals surface area contributed by atoms with Crippen LogP contribution in [-0.4, -0.2) is 98.3 Å². The van der Waals surface area contributed by atoms with Crippen molar-refractivity contribution in [3.05, 3.63) is 50.8 Å². The molecule has 2 aliphatic rings. The van der Waals surface area contributed by atoms with Gasteiger partial charge in [0.25, 0.3) is 11.5 Å². The monoisotopic (exact) mass is 485 g/mol. The van der Waals surface area contributed by atoms with Crippen molar-refractivity contribution >= 4 is 17.1 Å². The van der Waals surface area contributed by atoms with Crippen LogP contribution in [0.4, 0.5) is 0 Å². The fourth-order valence-corrected chi connectivity index (χ4v) is 4.78. The molecule has 3 aromatic rings. The van der Waals surface area contributed by atoms with Crippen LogP contribution in [0.25, 0.3) is 11.2 Å². The summed E-state index contributed by atoms with van der Waals surface area (Å²) in [4.78, 5) is 49.3. The maximum Gasteiger partial charge on any atom is 0.332 e. The van der Waals surface area contributed by atoms with E-state index in [0.717, 1.165) is 30.0 Å². The Morgan fingerprint density at radius 3 is 2.40 bits per heavy atom. The van der Waals surface area contributed by atoms with Crippen LogP contribution < -0.4 is 11.2 Å². The Labute approximate surface area is 201 Å². The van der Waals surface area contributed by atoms with Crippen LogP contribution in [-0.2, 0) is 31.9 Å². The van der Waals surface area contributed by atoms with Gasteiger partial charge >= 0.3 is 5.69 Å². The van der Waals surface area contributed by atoms with Crippen molar-refractivity contribution < 1.29 is 13.9 Å². The largest absolute Gasteiger partial charge is 0.459 e. The van der Waals surface area contributed by atoms with E-state index in [1.807, 2.05) is 4.57 Å². The summed E-state index contributed by atoms with van der Waals surface area (Å²) in [5, 5.41) is 0. The number of aryl methyl sites for hydroxylation is 1. The molecule has 0 aromatic carbocycles. The number of hydrogen-bond acceptors (Lipinski definition) is 8. The number of furan rings is 1. The van der Waals surface area contributed by atoms with Gasteiger partial charge in [0.05, 0.1) is 26.0 Å². The summed E-state index contributed by atoms with van der Waals surface area (Å²) in [6.45, 7) is 7.50. The summed E-state index contributed by atoms with van der Waals surface area (Å²) in [5.41, 5.74) is 0.126. The Hall–Kier alpha value is -3.22. The summed E-state index contributed by atoms with van der Waals surface area (Å²) < 4.78 is 15.2. The van der Waals surface area contributed by atoms with Gasteiger partial charge in [-0.1, -0.05) is 0 Å². The second-order valence-electron chi connectivity index (χ2n) is 9.06. The van der Waals surface area contributed by atoms with Crippen LogP contribution in [0.1, 0.15) is 16.4 Å². The highest BCUT2D eigenvalue weighted by atomic mass is 16.5. The van der Waals surface area contributed by atoms with E-state index in [1.54, 1.807) is 24.1 Å². The van der Waals surface area contributed by atoms with Crippen molar-refractivity contribution in [3.63, 3.8) is 0 Å². The summed E-state index contributed by atoms with van der Waals surface area (Å²) >= 11 is 0. The molecule has 0 N–H and O–H groups in total. The van der Waals surface area contributed by atoms with Crippen molar-refractivity contribution in [2.24, 2.45) is 14.1 Å². The highest BCUT2D eigenvalue weighted by Gasteiger charge is 2.26. The standard InChI is InChI=1S/C23H31N7O5/c1-25-20-19(22(32)26(2)23(25)33)30(10-7-27-11-14-34-15-12-27)18(24-20)16-28-5-8-29(9-6-28)21(31)17-4-3-13-35-17/h3-4,13H,5-12,14-16H2,1-2H3. The van der Waals surface area contributed by atoms with Gasteiger partial charge in [-0.3, -0.25) is 28.5 Å². The smallest absolute Gasteiger partial charge is 0.332 e. The predicted molar refractivity (Wildman–Crippen MR) is 127 cm³/mol. The van der Waals surface area contributed by atoms with Crippen molar-refractivity contribution in [2.45, 2.75) is 13.1 Å². The topological polar surface area (TPSA) is 111 Å². The molecule has 2 aliphatic heterocycles. The summed E-state index contributed by atoms with van der Waals surface area (Å²) in [5.74, 6) is 0.989. The number of carbonyl (C=O) groups excluding carboxylic acids is 1. The fourth-order valence-electron chi connectivity index (χ4n) is 4.78. The number of aromatic nitrogens is 4. The van der Waals surface area contributed by atoms with E-state index in [-0.39, 0.29) is 11.5 Å². The Morgan fingerprint density at radius 1 is 0.971 bits per heavy atom. The number of nitrogens with zero attached hydrogens (tertiary/aromatic N) is 7. The van der Waals surface area contributed by atoms with Gasteiger partial charge in [0.2, 0.25) is 0 Å². The van der Waals surface area contributed by atoms with Gasteiger partial charge in [-0.15, -0.1) is 0 Å². The van der Waals surface area contributed by atoms with Gasteiger partial charge in [-0.2, -0.15) is 0 Å². The average molecular weight is 486 g/mol. The summed E-state index contributed by atoms with van der Waals surface area (Å²) in [7, 11) is 3.14. The third-order valence-electron chi connectivity index (χ3n) is 6.93. The Balaban J connectivity index is 1.38. The molecule has 0 atom stereocenters. The first-order valence-electron chi connectivity index (χ1n) is 11.9. The first-order valence-corrected chi connectivity index (χ1v) is 11.9. The van der Waals surface area contributed by atoms with Crippen LogP contribution >= 0.6 is 0 Å². The van der Waals surface area contributed by atoms with E-state index < -0.39 is 5.69 Å². The number of carbonyl (C=O) groups is 1. The molecular weight excluding hydrogens is 454 g/mol. The minimum atomic E-state index is -0.392. The molecule has 0 bridgehead atoms. The molecule has 5 heterocycles. The normalized spacial score (nSPS) is 17.9. The molecule has 188 valence electrons. The van der Waals surface area contributed by atoms with Gasteiger partial charge in [0.1, 0.15) is 5.82 Å². The van der Waals surface area contributed by atoms with Crippen LogP contribution in [0.5, 0.6) is 0 Å². The van der Waals surface area contributed by atoms with Crippen LogP contribution in [0.15, 0.2) is 32.4 Å². The van der Waals surface area contributed by atoms with E-state index in [1.165, 1.54) is 17.9 Å². The molecule has 0 unspecified atom stereocenters.